The second-order valence-corrected chi connectivity index (χ2v) is 4.82. The highest BCUT2D eigenvalue weighted by Crippen LogP contribution is 2.15. The Morgan fingerprint density at radius 3 is 2.33 bits per heavy atom. The summed E-state index contributed by atoms with van der Waals surface area (Å²) in [6.45, 7) is 3.69. The van der Waals surface area contributed by atoms with E-state index in [0.29, 0.717) is 18.4 Å². The van der Waals surface area contributed by atoms with Crippen molar-refractivity contribution < 1.29 is 14.8 Å². The van der Waals surface area contributed by atoms with E-state index < -0.39 is 10.5 Å². The van der Waals surface area contributed by atoms with Gasteiger partial charge < -0.3 is 10.4 Å². The number of hydrogen-bond acceptors (Lipinski definition) is 4. The average Bonchev–Trinajstić information content (AvgIpc) is 2.51. The summed E-state index contributed by atoms with van der Waals surface area (Å²) in [7, 11) is 0. The van der Waals surface area contributed by atoms with Crippen molar-refractivity contribution in [2.24, 2.45) is 0 Å². The summed E-state index contributed by atoms with van der Waals surface area (Å²) in [5.41, 5.74) is 0.0999. The van der Waals surface area contributed by atoms with Gasteiger partial charge in [0.15, 0.2) is 0 Å². The van der Waals surface area contributed by atoms with E-state index in [2.05, 4.69) is 5.32 Å². The fourth-order valence-corrected chi connectivity index (χ4v) is 1.87. The molecule has 0 bridgehead atoms. The normalized spacial score (nSPS) is 11.6. The zero-order chi connectivity index (χ0) is 15.9. The Balaban J connectivity index is 2.71. The molecule has 0 radical (unpaired) electrons. The highest BCUT2D eigenvalue weighted by molar-refractivity contribution is 5.92. The first-order valence-corrected chi connectivity index (χ1v) is 6.82. The minimum atomic E-state index is -0.600. The summed E-state index contributed by atoms with van der Waals surface area (Å²) < 4.78 is 0. The smallest absolute Gasteiger partial charge is 0.269 e. The van der Waals surface area contributed by atoms with Crippen molar-refractivity contribution in [3.63, 3.8) is 0 Å². The molecular weight excluding hydrogens is 272 g/mol. The Morgan fingerprint density at radius 1 is 1.33 bits per heavy atom. The van der Waals surface area contributed by atoms with Crippen LogP contribution in [-0.4, -0.2) is 28.1 Å². The van der Waals surface area contributed by atoms with E-state index in [1.165, 1.54) is 18.2 Å². The maximum atomic E-state index is 11.9. The van der Waals surface area contributed by atoms with Crippen molar-refractivity contribution in [1.82, 2.24) is 5.32 Å². The lowest BCUT2D eigenvalue weighted by molar-refractivity contribution is -0.384. The van der Waals surface area contributed by atoms with Crippen molar-refractivity contribution in [3.05, 3.63) is 46.0 Å². The first-order chi connectivity index (χ1) is 9.96. The van der Waals surface area contributed by atoms with Gasteiger partial charge >= 0.3 is 0 Å². The lowest BCUT2D eigenvalue weighted by Crippen LogP contribution is -2.49. The van der Waals surface area contributed by atoms with Gasteiger partial charge in [0, 0.05) is 18.2 Å². The van der Waals surface area contributed by atoms with E-state index in [4.69, 9.17) is 0 Å². The van der Waals surface area contributed by atoms with Crippen LogP contribution in [0.1, 0.15) is 32.3 Å². The molecule has 0 heterocycles. The fourth-order valence-electron chi connectivity index (χ4n) is 1.87. The van der Waals surface area contributed by atoms with Crippen molar-refractivity contribution in [2.45, 2.75) is 32.2 Å². The Labute approximate surface area is 123 Å². The molecule has 21 heavy (non-hydrogen) atoms. The zero-order valence-electron chi connectivity index (χ0n) is 12.2. The number of rotatable bonds is 7. The molecule has 0 spiro atoms. The van der Waals surface area contributed by atoms with Crippen LogP contribution in [0, 0.1) is 10.1 Å². The molecule has 0 saturated carbocycles. The Morgan fingerprint density at radius 2 is 1.90 bits per heavy atom. The van der Waals surface area contributed by atoms with Gasteiger partial charge in [0.1, 0.15) is 0 Å². The van der Waals surface area contributed by atoms with Gasteiger partial charge in [-0.05, 0) is 36.6 Å². The summed E-state index contributed by atoms with van der Waals surface area (Å²) >= 11 is 0. The lowest BCUT2D eigenvalue weighted by Gasteiger charge is -2.30. The van der Waals surface area contributed by atoms with Crippen LogP contribution in [-0.2, 0) is 4.79 Å². The maximum absolute atomic E-state index is 11.9. The van der Waals surface area contributed by atoms with Gasteiger partial charge in [-0.2, -0.15) is 0 Å². The molecule has 0 atom stereocenters. The van der Waals surface area contributed by atoms with Crippen LogP contribution >= 0.6 is 0 Å². The largest absolute Gasteiger partial charge is 0.394 e. The average molecular weight is 292 g/mol. The summed E-state index contributed by atoms with van der Waals surface area (Å²) in [5.74, 6) is -0.300. The van der Waals surface area contributed by atoms with Crippen LogP contribution < -0.4 is 5.32 Å². The molecule has 0 aliphatic heterocycles. The van der Waals surface area contributed by atoms with E-state index in [9.17, 15) is 20.0 Å². The van der Waals surface area contributed by atoms with Gasteiger partial charge in [0.2, 0.25) is 5.91 Å². The molecule has 114 valence electrons. The molecule has 2 N–H and O–H groups in total. The highest BCUT2D eigenvalue weighted by atomic mass is 16.6. The minimum absolute atomic E-state index is 0.00728. The van der Waals surface area contributed by atoms with Gasteiger partial charge in [-0.3, -0.25) is 14.9 Å². The first-order valence-electron chi connectivity index (χ1n) is 6.82. The standard InChI is InChI=1S/C15H20N2O4/c1-3-15(4-2,11-18)16-14(19)10-7-12-5-8-13(9-6-12)17(20)21/h5-10,18H,3-4,11H2,1-2H3,(H,16,19). The second kappa shape index (κ2) is 7.54. The predicted octanol–water partition coefficient (Wildman–Crippen LogP) is 2.28. The maximum Gasteiger partial charge on any atom is 0.269 e. The summed E-state index contributed by atoms with van der Waals surface area (Å²) in [6, 6.07) is 5.91. The Hall–Kier alpha value is -2.21. The number of amides is 1. The molecular formula is C15H20N2O4. The molecule has 1 aromatic carbocycles. The van der Waals surface area contributed by atoms with Gasteiger partial charge in [0.25, 0.3) is 5.69 Å². The third-order valence-corrected chi connectivity index (χ3v) is 3.58. The molecule has 6 nitrogen and oxygen atoms in total. The van der Waals surface area contributed by atoms with Gasteiger partial charge in [-0.25, -0.2) is 0 Å². The number of nitro groups is 1. The number of non-ortho nitro benzene ring substituents is 1. The molecule has 1 amide bonds. The van der Waals surface area contributed by atoms with E-state index >= 15 is 0 Å². The molecule has 0 aliphatic carbocycles. The van der Waals surface area contributed by atoms with Crippen molar-refractivity contribution in [1.29, 1.82) is 0 Å². The number of aliphatic hydroxyl groups excluding tert-OH is 1. The van der Waals surface area contributed by atoms with Crippen LogP contribution in [0.25, 0.3) is 6.08 Å². The van der Waals surface area contributed by atoms with Gasteiger partial charge in [-0.15, -0.1) is 0 Å². The van der Waals surface area contributed by atoms with Crippen molar-refractivity contribution in [2.75, 3.05) is 6.61 Å². The number of carbonyl (C=O) groups is 1. The predicted molar refractivity (Wildman–Crippen MR) is 80.7 cm³/mol. The molecule has 0 aromatic heterocycles. The number of benzene rings is 1. The topological polar surface area (TPSA) is 92.5 Å². The lowest BCUT2D eigenvalue weighted by atomic mass is 9.94. The molecule has 0 saturated heterocycles. The number of hydrogen-bond donors (Lipinski definition) is 2. The molecule has 6 heteroatoms. The monoisotopic (exact) mass is 292 g/mol. The van der Waals surface area contributed by atoms with Gasteiger partial charge in [-0.1, -0.05) is 13.8 Å². The van der Waals surface area contributed by atoms with E-state index in [-0.39, 0.29) is 18.2 Å². The Bertz CT molecular complexity index is 511. The summed E-state index contributed by atoms with van der Waals surface area (Å²) in [5, 5.41) is 22.7. The number of nitrogens with one attached hydrogen (secondary N) is 1. The van der Waals surface area contributed by atoms with Crippen molar-refractivity contribution in [3.8, 4) is 0 Å². The fraction of sp³-hybridized carbons (Fsp3) is 0.400. The minimum Gasteiger partial charge on any atom is -0.394 e. The van der Waals surface area contributed by atoms with E-state index in [1.54, 1.807) is 18.2 Å². The van der Waals surface area contributed by atoms with E-state index in [1.807, 2.05) is 13.8 Å². The molecule has 0 aliphatic rings. The quantitative estimate of drug-likeness (QED) is 0.458. The van der Waals surface area contributed by atoms with Crippen LogP contribution in [0.15, 0.2) is 30.3 Å². The van der Waals surface area contributed by atoms with Gasteiger partial charge in [0.05, 0.1) is 17.1 Å². The third kappa shape index (κ3) is 4.68. The van der Waals surface area contributed by atoms with Crippen LogP contribution in [0.3, 0.4) is 0 Å². The molecule has 1 rings (SSSR count). The molecule has 1 aromatic rings. The highest BCUT2D eigenvalue weighted by Gasteiger charge is 2.26. The zero-order valence-corrected chi connectivity index (χ0v) is 12.2. The third-order valence-electron chi connectivity index (χ3n) is 3.58. The Kier molecular flexibility index (Phi) is 6.05. The SMILES string of the molecule is CCC(CC)(CO)NC(=O)C=Cc1ccc([N+](=O)[O-])cc1. The summed E-state index contributed by atoms with van der Waals surface area (Å²) in [6.07, 6.45) is 4.21. The van der Waals surface area contributed by atoms with Crippen molar-refractivity contribution >= 4 is 17.7 Å². The number of nitro benzene ring substituents is 1. The number of carbonyl (C=O) groups excluding carboxylic acids is 1. The summed E-state index contributed by atoms with van der Waals surface area (Å²) in [4.78, 5) is 21.9. The van der Waals surface area contributed by atoms with Crippen LogP contribution in [0.5, 0.6) is 0 Å². The second-order valence-electron chi connectivity index (χ2n) is 4.82. The van der Waals surface area contributed by atoms with E-state index in [0.717, 1.165) is 0 Å². The number of aliphatic hydroxyl groups is 1. The molecule has 0 unspecified atom stereocenters. The molecule has 0 fully saturated rings. The first kappa shape index (κ1) is 16.8. The van der Waals surface area contributed by atoms with Crippen LogP contribution in [0.2, 0.25) is 0 Å². The number of nitrogens with zero attached hydrogens (tertiary/aromatic N) is 1. The van der Waals surface area contributed by atoms with Crippen LogP contribution in [0.4, 0.5) is 5.69 Å².